The fraction of sp³-hybridized carbons (Fsp3) is 0.471. The highest BCUT2D eigenvalue weighted by Crippen LogP contribution is 2.34. The van der Waals surface area contributed by atoms with Gasteiger partial charge in [0.25, 0.3) is 0 Å². The molecule has 1 fully saturated rings. The Morgan fingerprint density at radius 1 is 1.35 bits per heavy atom. The van der Waals surface area contributed by atoms with Crippen molar-refractivity contribution in [2.24, 2.45) is 5.92 Å². The number of ether oxygens (including phenoxy) is 3. The highest BCUT2D eigenvalue weighted by Gasteiger charge is 2.23. The Hall–Kier alpha value is -2.39. The van der Waals surface area contributed by atoms with Crippen molar-refractivity contribution < 1.29 is 19.0 Å². The van der Waals surface area contributed by atoms with Gasteiger partial charge in [-0.25, -0.2) is 4.79 Å². The van der Waals surface area contributed by atoms with E-state index in [1.807, 2.05) is 11.0 Å². The minimum absolute atomic E-state index is 0.0909. The molecule has 2 aliphatic heterocycles. The number of amides is 2. The summed E-state index contributed by atoms with van der Waals surface area (Å²) in [5.41, 5.74) is 0.707. The van der Waals surface area contributed by atoms with Crippen LogP contribution in [0.25, 0.3) is 0 Å². The van der Waals surface area contributed by atoms with Gasteiger partial charge in [-0.2, -0.15) is 0 Å². The Balaban J connectivity index is 1.47. The molecule has 6 nitrogen and oxygen atoms in total. The largest absolute Gasteiger partial charge is 0.454 e. The zero-order chi connectivity index (χ0) is 16.1. The average Bonchev–Trinajstić information content (AvgIpc) is 3.03. The molecule has 2 heterocycles. The number of anilines is 1. The predicted octanol–water partition coefficient (Wildman–Crippen LogP) is 2.31. The van der Waals surface area contributed by atoms with E-state index in [2.05, 4.69) is 11.2 Å². The van der Waals surface area contributed by atoms with E-state index in [1.54, 1.807) is 12.1 Å². The molecule has 3 rings (SSSR count). The van der Waals surface area contributed by atoms with E-state index >= 15 is 0 Å². The van der Waals surface area contributed by atoms with Crippen LogP contribution in [0.4, 0.5) is 10.5 Å². The molecule has 23 heavy (non-hydrogen) atoms. The lowest BCUT2D eigenvalue weighted by Gasteiger charge is -2.31. The van der Waals surface area contributed by atoms with Gasteiger partial charge in [0.15, 0.2) is 11.5 Å². The van der Waals surface area contributed by atoms with Crippen LogP contribution >= 0.6 is 0 Å². The topological polar surface area (TPSA) is 60.0 Å². The van der Waals surface area contributed by atoms with Crippen LogP contribution in [0.15, 0.2) is 18.2 Å². The van der Waals surface area contributed by atoms with Gasteiger partial charge in [0.2, 0.25) is 6.79 Å². The Morgan fingerprint density at radius 3 is 2.91 bits per heavy atom. The molecule has 1 aromatic carbocycles. The van der Waals surface area contributed by atoms with Crippen molar-refractivity contribution in [2.45, 2.75) is 12.8 Å². The number of likely N-dealkylation sites (tertiary alicyclic amines) is 1. The fourth-order valence-electron chi connectivity index (χ4n) is 2.76. The number of benzene rings is 1. The van der Waals surface area contributed by atoms with Crippen LogP contribution in [-0.4, -0.2) is 44.0 Å². The Labute approximate surface area is 135 Å². The number of rotatable bonds is 4. The molecule has 0 atom stereocenters. The molecular formula is C17H20N2O4. The van der Waals surface area contributed by atoms with E-state index in [0.717, 1.165) is 25.9 Å². The molecule has 0 radical (unpaired) electrons. The molecule has 1 saturated heterocycles. The summed E-state index contributed by atoms with van der Waals surface area (Å²) in [5.74, 6) is 4.30. The Bertz CT molecular complexity index is 603. The van der Waals surface area contributed by atoms with Gasteiger partial charge in [0.1, 0.15) is 6.61 Å². The maximum absolute atomic E-state index is 12.3. The van der Waals surface area contributed by atoms with E-state index in [-0.39, 0.29) is 12.8 Å². The third kappa shape index (κ3) is 3.88. The lowest BCUT2D eigenvalue weighted by Crippen LogP contribution is -2.41. The van der Waals surface area contributed by atoms with Crippen LogP contribution < -0.4 is 14.8 Å². The van der Waals surface area contributed by atoms with Crippen LogP contribution in [0.2, 0.25) is 0 Å². The molecule has 1 N–H and O–H groups in total. The normalized spacial score (nSPS) is 16.9. The van der Waals surface area contributed by atoms with Crippen LogP contribution in [0.1, 0.15) is 12.8 Å². The van der Waals surface area contributed by atoms with E-state index in [9.17, 15) is 4.79 Å². The van der Waals surface area contributed by atoms with Gasteiger partial charge in [-0.1, -0.05) is 5.92 Å². The first-order valence-electron chi connectivity index (χ1n) is 7.73. The zero-order valence-corrected chi connectivity index (χ0v) is 12.9. The number of urea groups is 1. The molecule has 0 aromatic heterocycles. The number of terminal acetylenes is 1. The molecule has 6 heteroatoms. The summed E-state index contributed by atoms with van der Waals surface area (Å²) in [7, 11) is 0. The number of hydrogen-bond acceptors (Lipinski definition) is 4. The maximum atomic E-state index is 12.3. The molecule has 0 bridgehead atoms. The summed E-state index contributed by atoms with van der Waals surface area (Å²) in [6.07, 6.45) is 7.02. The van der Waals surface area contributed by atoms with Crippen LogP contribution in [0.5, 0.6) is 11.5 Å². The number of carbonyl (C=O) groups excluding carboxylic acids is 1. The van der Waals surface area contributed by atoms with Crippen LogP contribution in [0, 0.1) is 18.3 Å². The van der Waals surface area contributed by atoms with Gasteiger partial charge < -0.3 is 24.4 Å². The van der Waals surface area contributed by atoms with Gasteiger partial charge in [-0.05, 0) is 30.9 Å². The smallest absolute Gasteiger partial charge is 0.321 e. The number of nitrogens with one attached hydrogen (secondary N) is 1. The van der Waals surface area contributed by atoms with Crippen molar-refractivity contribution in [1.29, 1.82) is 0 Å². The number of carbonyl (C=O) groups is 1. The van der Waals surface area contributed by atoms with Crippen molar-refractivity contribution in [1.82, 2.24) is 4.90 Å². The summed E-state index contributed by atoms with van der Waals surface area (Å²) in [4.78, 5) is 14.1. The van der Waals surface area contributed by atoms with Crippen molar-refractivity contribution >= 4 is 11.7 Å². The molecule has 1 aromatic rings. The first-order chi connectivity index (χ1) is 11.3. The summed E-state index contributed by atoms with van der Waals surface area (Å²) >= 11 is 0. The minimum Gasteiger partial charge on any atom is -0.454 e. The fourth-order valence-corrected chi connectivity index (χ4v) is 2.76. The third-order valence-electron chi connectivity index (χ3n) is 4.06. The van der Waals surface area contributed by atoms with Gasteiger partial charge in [0, 0.05) is 24.8 Å². The molecule has 0 unspecified atom stereocenters. The second kappa shape index (κ2) is 7.25. The quantitative estimate of drug-likeness (QED) is 0.684. The third-order valence-corrected chi connectivity index (χ3v) is 4.06. The highest BCUT2D eigenvalue weighted by atomic mass is 16.7. The van der Waals surface area contributed by atoms with Crippen molar-refractivity contribution in [3.8, 4) is 23.8 Å². The number of piperidine rings is 1. The summed E-state index contributed by atoms with van der Waals surface area (Å²) in [6, 6.07) is 5.30. The second-order valence-electron chi connectivity index (χ2n) is 5.65. The van der Waals surface area contributed by atoms with E-state index in [0.29, 0.717) is 36.3 Å². The summed E-state index contributed by atoms with van der Waals surface area (Å²) in [6.45, 7) is 2.69. The monoisotopic (exact) mass is 316 g/mol. The minimum atomic E-state index is -0.0909. The molecule has 0 aliphatic carbocycles. The van der Waals surface area contributed by atoms with Gasteiger partial charge >= 0.3 is 6.03 Å². The van der Waals surface area contributed by atoms with Crippen LogP contribution in [-0.2, 0) is 4.74 Å². The zero-order valence-electron chi connectivity index (χ0n) is 12.9. The van der Waals surface area contributed by atoms with Crippen molar-refractivity contribution in [2.75, 3.05) is 38.4 Å². The molecule has 0 saturated carbocycles. The SMILES string of the molecule is C#CCOCC1CCN(C(=O)Nc2ccc3c(c2)OCO3)CC1. The second-order valence-corrected chi connectivity index (χ2v) is 5.65. The van der Waals surface area contributed by atoms with Gasteiger partial charge in [-0.15, -0.1) is 6.42 Å². The van der Waals surface area contributed by atoms with Crippen molar-refractivity contribution in [3.63, 3.8) is 0 Å². The predicted molar refractivity (Wildman–Crippen MR) is 85.5 cm³/mol. The van der Waals surface area contributed by atoms with Crippen LogP contribution in [0.3, 0.4) is 0 Å². The first kappa shape index (κ1) is 15.5. The summed E-state index contributed by atoms with van der Waals surface area (Å²) in [5, 5.41) is 2.90. The van der Waals surface area contributed by atoms with E-state index in [4.69, 9.17) is 20.6 Å². The summed E-state index contributed by atoms with van der Waals surface area (Å²) < 4.78 is 15.9. The van der Waals surface area contributed by atoms with Crippen molar-refractivity contribution in [3.05, 3.63) is 18.2 Å². The van der Waals surface area contributed by atoms with Gasteiger partial charge in [0.05, 0.1) is 6.61 Å². The number of fused-ring (bicyclic) bond motifs is 1. The molecule has 122 valence electrons. The van der Waals surface area contributed by atoms with E-state index < -0.39 is 0 Å². The lowest BCUT2D eigenvalue weighted by molar-refractivity contribution is 0.0932. The lowest BCUT2D eigenvalue weighted by atomic mass is 9.98. The molecule has 2 amide bonds. The standard InChI is InChI=1S/C17H20N2O4/c1-2-9-21-11-13-5-7-19(8-6-13)17(20)18-14-3-4-15-16(10-14)23-12-22-15/h1,3-4,10,13H,5-9,11-12H2,(H,18,20). The molecule has 0 spiro atoms. The first-order valence-corrected chi connectivity index (χ1v) is 7.73. The Kier molecular flexibility index (Phi) is 4.89. The maximum Gasteiger partial charge on any atom is 0.321 e. The van der Waals surface area contributed by atoms with Gasteiger partial charge in [-0.3, -0.25) is 0 Å². The van der Waals surface area contributed by atoms with E-state index in [1.165, 1.54) is 0 Å². The molecular weight excluding hydrogens is 296 g/mol. The highest BCUT2D eigenvalue weighted by molar-refractivity contribution is 5.89. The average molecular weight is 316 g/mol. The Morgan fingerprint density at radius 2 is 2.13 bits per heavy atom. The molecule has 2 aliphatic rings. The number of nitrogens with zero attached hydrogens (tertiary/aromatic N) is 1. The number of hydrogen-bond donors (Lipinski definition) is 1.